The smallest absolute Gasteiger partial charge is 0.191 e. The number of guanidine groups is 1. The van der Waals surface area contributed by atoms with Gasteiger partial charge in [0, 0.05) is 18.0 Å². The van der Waals surface area contributed by atoms with Gasteiger partial charge in [0.2, 0.25) is 0 Å². The summed E-state index contributed by atoms with van der Waals surface area (Å²) >= 11 is 1.72. The zero-order chi connectivity index (χ0) is 15.7. The topological polar surface area (TPSA) is 49.3 Å². The maximum Gasteiger partial charge on any atom is 0.191 e. The molecule has 22 heavy (non-hydrogen) atoms. The molecule has 0 fully saturated rings. The van der Waals surface area contributed by atoms with Crippen molar-refractivity contribution in [2.45, 2.75) is 66.5 Å². The summed E-state index contributed by atoms with van der Waals surface area (Å²) in [6.07, 6.45) is 3.40. The highest BCUT2D eigenvalue weighted by atomic mass is 127. The van der Waals surface area contributed by atoms with Crippen LogP contribution in [0.4, 0.5) is 0 Å². The van der Waals surface area contributed by atoms with Gasteiger partial charge in [0.25, 0.3) is 0 Å². The van der Waals surface area contributed by atoms with E-state index in [9.17, 15) is 0 Å². The molecule has 0 aliphatic heterocycles. The largest absolute Gasteiger partial charge is 0.357 e. The predicted molar refractivity (Wildman–Crippen MR) is 108 cm³/mol. The molecule has 2 N–H and O–H groups in total. The summed E-state index contributed by atoms with van der Waals surface area (Å²) < 4.78 is 0. The summed E-state index contributed by atoms with van der Waals surface area (Å²) in [5, 5.41) is 10.1. The Kier molecular flexibility index (Phi) is 11.9. The fraction of sp³-hybridized carbons (Fsp3) is 0.750. The van der Waals surface area contributed by atoms with E-state index in [-0.39, 0.29) is 24.0 Å². The Hall–Kier alpha value is -0.370. The van der Waals surface area contributed by atoms with E-state index in [1.807, 2.05) is 0 Å². The van der Waals surface area contributed by atoms with Crippen molar-refractivity contribution in [2.24, 2.45) is 10.9 Å². The average Bonchev–Trinajstić information content (AvgIpc) is 2.91. The van der Waals surface area contributed by atoms with Crippen LogP contribution in [0.1, 0.15) is 58.2 Å². The second kappa shape index (κ2) is 12.1. The van der Waals surface area contributed by atoms with E-state index in [1.165, 1.54) is 17.8 Å². The molecule has 0 saturated heterocycles. The van der Waals surface area contributed by atoms with Gasteiger partial charge >= 0.3 is 0 Å². The van der Waals surface area contributed by atoms with E-state index >= 15 is 0 Å². The Balaban J connectivity index is 0.00000441. The van der Waals surface area contributed by atoms with Gasteiger partial charge in [-0.3, -0.25) is 0 Å². The molecule has 1 rings (SSSR count). The van der Waals surface area contributed by atoms with Crippen molar-refractivity contribution >= 4 is 41.3 Å². The molecule has 0 bridgehead atoms. The van der Waals surface area contributed by atoms with Crippen molar-refractivity contribution < 1.29 is 0 Å². The van der Waals surface area contributed by atoms with E-state index in [0.717, 1.165) is 30.5 Å². The zero-order valence-corrected chi connectivity index (χ0v) is 17.6. The van der Waals surface area contributed by atoms with Crippen molar-refractivity contribution in [2.75, 3.05) is 6.54 Å². The van der Waals surface area contributed by atoms with Crippen molar-refractivity contribution in [1.82, 2.24) is 15.6 Å². The molecule has 1 aromatic rings. The van der Waals surface area contributed by atoms with Crippen LogP contribution in [0, 0.1) is 5.92 Å². The van der Waals surface area contributed by atoms with Crippen LogP contribution in [0.15, 0.2) is 10.4 Å². The van der Waals surface area contributed by atoms with Crippen molar-refractivity contribution in [3.63, 3.8) is 0 Å². The molecular formula is C16H31IN4S. The number of nitrogens with zero attached hydrogens (tertiary/aromatic N) is 2. The third-order valence-corrected chi connectivity index (χ3v) is 4.25. The van der Waals surface area contributed by atoms with E-state index in [1.54, 1.807) is 11.3 Å². The maximum absolute atomic E-state index is 4.64. The lowest BCUT2D eigenvalue weighted by Crippen LogP contribution is -2.42. The summed E-state index contributed by atoms with van der Waals surface area (Å²) in [7, 11) is 0. The Labute approximate surface area is 156 Å². The van der Waals surface area contributed by atoms with Crippen LogP contribution in [0.25, 0.3) is 0 Å². The van der Waals surface area contributed by atoms with Crippen LogP contribution in [0.2, 0.25) is 0 Å². The highest BCUT2D eigenvalue weighted by molar-refractivity contribution is 14.0. The van der Waals surface area contributed by atoms with Gasteiger partial charge in [-0.1, -0.05) is 20.8 Å². The standard InChI is InChI=1S/C16H30N4S.HI/c1-6-15-20-14(11-21-15)10-18-16(17-7-2)19-13(5)9-8-12(3)4;/h11-13H,6-10H2,1-5H3,(H2,17,18,19);1H. The highest BCUT2D eigenvalue weighted by Crippen LogP contribution is 2.11. The lowest BCUT2D eigenvalue weighted by molar-refractivity contribution is 0.489. The zero-order valence-electron chi connectivity index (χ0n) is 14.5. The first kappa shape index (κ1) is 21.6. The Bertz CT molecular complexity index is 432. The summed E-state index contributed by atoms with van der Waals surface area (Å²) in [6, 6.07) is 0.437. The van der Waals surface area contributed by atoms with E-state index in [2.05, 4.69) is 60.6 Å². The second-order valence-electron chi connectivity index (χ2n) is 5.80. The SMILES string of the molecule is CCNC(=NCc1csc(CC)n1)NC(C)CCC(C)C.I. The highest BCUT2D eigenvalue weighted by Gasteiger charge is 2.07. The first-order valence-corrected chi connectivity index (χ1v) is 8.91. The quantitative estimate of drug-likeness (QED) is 0.363. The number of halogens is 1. The molecule has 128 valence electrons. The first-order chi connectivity index (χ1) is 10.0. The molecule has 1 unspecified atom stereocenters. The maximum atomic E-state index is 4.64. The molecule has 0 aliphatic carbocycles. The number of nitrogens with one attached hydrogen (secondary N) is 2. The fourth-order valence-corrected chi connectivity index (χ4v) is 2.69. The summed E-state index contributed by atoms with van der Waals surface area (Å²) in [4.78, 5) is 9.19. The van der Waals surface area contributed by atoms with Gasteiger partial charge in [-0.15, -0.1) is 35.3 Å². The number of aliphatic imine (C=N–C) groups is 1. The van der Waals surface area contributed by atoms with E-state index in [4.69, 9.17) is 0 Å². The Morgan fingerprint density at radius 3 is 2.55 bits per heavy atom. The normalized spacial score (nSPS) is 12.9. The lowest BCUT2D eigenvalue weighted by atomic mass is 10.0. The molecule has 1 heterocycles. The molecule has 0 saturated carbocycles. The van der Waals surface area contributed by atoms with Crippen LogP contribution in [0.5, 0.6) is 0 Å². The molecule has 0 amide bonds. The van der Waals surface area contributed by atoms with Crippen LogP contribution in [-0.2, 0) is 13.0 Å². The fourth-order valence-electron chi connectivity index (χ4n) is 1.95. The molecule has 6 heteroatoms. The minimum atomic E-state index is 0. The van der Waals surface area contributed by atoms with Crippen LogP contribution in [0.3, 0.4) is 0 Å². The van der Waals surface area contributed by atoms with Gasteiger partial charge in [-0.25, -0.2) is 9.98 Å². The monoisotopic (exact) mass is 438 g/mol. The Morgan fingerprint density at radius 1 is 1.27 bits per heavy atom. The molecule has 0 aliphatic rings. The van der Waals surface area contributed by atoms with Gasteiger partial charge in [-0.2, -0.15) is 0 Å². The minimum absolute atomic E-state index is 0. The van der Waals surface area contributed by atoms with Gasteiger partial charge in [-0.05, 0) is 39.0 Å². The van der Waals surface area contributed by atoms with Gasteiger partial charge in [0.15, 0.2) is 5.96 Å². The number of thiazole rings is 1. The van der Waals surface area contributed by atoms with Crippen LogP contribution in [-0.4, -0.2) is 23.5 Å². The predicted octanol–water partition coefficient (Wildman–Crippen LogP) is 4.20. The molecular weight excluding hydrogens is 407 g/mol. The third kappa shape index (κ3) is 8.92. The van der Waals surface area contributed by atoms with Crippen molar-refractivity contribution in [3.05, 3.63) is 16.1 Å². The number of hydrogen-bond acceptors (Lipinski definition) is 3. The molecule has 0 aromatic carbocycles. The molecule has 1 atom stereocenters. The second-order valence-corrected chi connectivity index (χ2v) is 6.74. The first-order valence-electron chi connectivity index (χ1n) is 8.03. The molecule has 4 nitrogen and oxygen atoms in total. The summed E-state index contributed by atoms with van der Waals surface area (Å²) in [5.74, 6) is 1.64. The molecule has 1 aromatic heterocycles. The molecule has 0 spiro atoms. The molecule has 0 radical (unpaired) electrons. The van der Waals surface area contributed by atoms with E-state index < -0.39 is 0 Å². The number of aryl methyl sites for hydroxylation is 1. The van der Waals surface area contributed by atoms with Crippen molar-refractivity contribution in [1.29, 1.82) is 0 Å². The van der Waals surface area contributed by atoms with Crippen LogP contribution >= 0.6 is 35.3 Å². The minimum Gasteiger partial charge on any atom is -0.357 e. The van der Waals surface area contributed by atoms with Crippen molar-refractivity contribution in [3.8, 4) is 0 Å². The number of aromatic nitrogens is 1. The van der Waals surface area contributed by atoms with Gasteiger partial charge in [0.05, 0.1) is 17.2 Å². The van der Waals surface area contributed by atoms with Gasteiger partial charge in [0.1, 0.15) is 0 Å². The van der Waals surface area contributed by atoms with Crippen LogP contribution < -0.4 is 10.6 Å². The summed E-state index contributed by atoms with van der Waals surface area (Å²) in [5.41, 5.74) is 1.06. The van der Waals surface area contributed by atoms with E-state index in [0.29, 0.717) is 12.6 Å². The third-order valence-electron chi connectivity index (χ3n) is 3.21. The Morgan fingerprint density at radius 2 is 2.00 bits per heavy atom. The lowest BCUT2D eigenvalue weighted by Gasteiger charge is -2.18. The average molecular weight is 438 g/mol. The van der Waals surface area contributed by atoms with Gasteiger partial charge < -0.3 is 10.6 Å². The number of hydrogen-bond donors (Lipinski definition) is 2. The number of rotatable bonds is 8. The summed E-state index contributed by atoms with van der Waals surface area (Å²) in [6.45, 7) is 12.5.